The van der Waals surface area contributed by atoms with Crippen LogP contribution in [0.2, 0.25) is 0 Å². The maximum Gasteiger partial charge on any atom is 0.222 e. The molecule has 1 N–H and O–H groups in total. The van der Waals surface area contributed by atoms with Gasteiger partial charge in [0, 0.05) is 32.0 Å². The van der Waals surface area contributed by atoms with E-state index in [2.05, 4.69) is 0 Å². The predicted molar refractivity (Wildman–Crippen MR) is 73.8 cm³/mol. The van der Waals surface area contributed by atoms with Gasteiger partial charge in [-0.15, -0.1) is 0 Å². The molecule has 0 unspecified atom stereocenters. The number of piperidine rings is 1. The van der Waals surface area contributed by atoms with Crippen molar-refractivity contribution >= 4 is 5.91 Å². The fourth-order valence-electron chi connectivity index (χ4n) is 3.15. The van der Waals surface area contributed by atoms with E-state index < -0.39 is 5.60 Å². The minimum absolute atomic E-state index is 0.261. The molecule has 0 aromatic carbocycles. The number of aliphatic hydroxyl groups is 1. The second kappa shape index (κ2) is 5.41. The number of carbonyl (C=O) groups is 1. The van der Waals surface area contributed by atoms with E-state index in [9.17, 15) is 9.90 Å². The molecule has 0 spiro atoms. The first-order valence-electron chi connectivity index (χ1n) is 7.37. The van der Waals surface area contributed by atoms with Gasteiger partial charge in [-0.25, -0.2) is 0 Å². The Balaban J connectivity index is 1.94. The van der Waals surface area contributed by atoms with Crippen LogP contribution in [0, 0.1) is 11.3 Å². The molecule has 19 heavy (non-hydrogen) atoms. The van der Waals surface area contributed by atoms with E-state index in [0.29, 0.717) is 38.5 Å². The lowest BCUT2D eigenvalue weighted by Crippen LogP contribution is -2.60. The number of hydrogen-bond acceptors (Lipinski definition) is 3. The van der Waals surface area contributed by atoms with Gasteiger partial charge in [0.1, 0.15) is 0 Å². The van der Waals surface area contributed by atoms with E-state index in [1.54, 1.807) is 7.11 Å². The van der Waals surface area contributed by atoms with Crippen LogP contribution in [-0.2, 0) is 9.53 Å². The number of rotatable bonds is 4. The molecule has 0 aromatic heterocycles. The van der Waals surface area contributed by atoms with Crippen LogP contribution in [-0.4, -0.2) is 48.3 Å². The van der Waals surface area contributed by atoms with Gasteiger partial charge in [0.25, 0.3) is 0 Å². The van der Waals surface area contributed by atoms with Gasteiger partial charge in [-0.1, -0.05) is 20.3 Å². The molecule has 2 aliphatic rings. The minimum Gasteiger partial charge on any atom is -0.387 e. The molecule has 4 heteroatoms. The van der Waals surface area contributed by atoms with E-state index in [-0.39, 0.29) is 11.3 Å². The first-order valence-corrected chi connectivity index (χ1v) is 7.37. The van der Waals surface area contributed by atoms with E-state index >= 15 is 0 Å². The monoisotopic (exact) mass is 269 g/mol. The molecule has 0 bridgehead atoms. The van der Waals surface area contributed by atoms with Gasteiger partial charge in [0.05, 0.1) is 12.2 Å². The van der Waals surface area contributed by atoms with Crippen molar-refractivity contribution in [2.45, 2.75) is 51.6 Å². The van der Waals surface area contributed by atoms with Crippen LogP contribution in [0.5, 0.6) is 0 Å². The van der Waals surface area contributed by atoms with Crippen molar-refractivity contribution in [2.75, 3.05) is 26.8 Å². The number of amides is 1. The zero-order valence-corrected chi connectivity index (χ0v) is 12.4. The van der Waals surface area contributed by atoms with Crippen LogP contribution in [0.15, 0.2) is 0 Å². The van der Waals surface area contributed by atoms with Gasteiger partial charge in [0.2, 0.25) is 5.91 Å². The largest absolute Gasteiger partial charge is 0.387 e. The number of methoxy groups -OCH3 is 1. The lowest BCUT2D eigenvalue weighted by atomic mass is 9.70. The molecule has 1 atom stereocenters. The second-order valence-electron chi connectivity index (χ2n) is 6.91. The first kappa shape index (κ1) is 14.8. The van der Waals surface area contributed by atoms with E-state index in [0.717, 1.165) is 0 Å². The van der Waals surface area contributed by atoms with E-state index in [4.69, 9.17) is 4.74 Å². The number of carbonyl (C=O) groups excluding carboxylic acids is 1. The molecule has 4 nitrogen and oxygen atoms in total. The topological polar surface area (TPSA) is 49.8 Å². The molecule has 110 valence electrons. The van der Waals surface area contributed by atoms with Gasteiger partial charge in [0.15, 0.2) is 0 Å². The summed E-state index contributed by atoms with van der Waals surface area (Å²) in [7, 11) is 1.61. The Kier molecular flexibility index (Phi) is 4.21. The quantitative estimate of drug-likeness (QED) is 0.847. The van der Waals surface area contributed by atoms with Crippen LogP contribution in [0.1, 0.15) is 46.0 Å². The summed E-state index contributed by atoms with van der Waals surface area (Å²) in [4.78, 5) is 14.2. The van der Waals surface area contributed by atoms with Crippen molar-refractivity contribution in [2.24, 2.45) is 11.3 Å². The Labute approximate surface area is 116 Å². The fourth-order valence-corrected chi connectivity index (χ4v) is 3.15. The van der Waals surface area contributed by atoms with E-state index in [1.807, 2.05) is 18.7 Å². The maximum absolute atomic E-state index is 12.3. The minimum atomic E-state index is -0.824. The highest BCUT2D eigenvalue weighted by Gasteiger charge is 2.48. The molecule has 0 radical (unpaired) electrons. The zero-order valence-electron chi connectivity index (χ0n) is 12.4. The smallest absolute Gasteiger partial charge is 0.222 e. The lowest BCUT2D eigenvalue weighted by Gasteiger charge is -2.50. The molecule has 0 aromatic rings. The molecule has 1 saturated carbocycles. The van der Waals surface area contributed by atoms with Crippen molar-refractivity contribution in [1.82, 2.24) is 4.90 Å². The van der Waals surface area contributed by atoms with Crippen LogP contribution in [0.4, 0.5) is 0 Å². The highest BCUT2D eigenvalue weighted by molar-refractivity contribution is 5.76. The van der Waals surface area contributed by atoms with Crippen molar-refractivity contribution in [3.63, 3.8) is 0 Å². The van der Waals surface area contributed by atoms with Crippen LogP contribution < -0.4 is 0 Å². The molecule has 1 aliphatic heterocycles. The summed E-state index contributed by atoms with van der Waals surface area (Å²) < 4.78 is 5.15. The fraction of sp³-hybridized carbons (Fsp3) is 0.933. The van der Waals surface area contributed by atoms with Crippen LogP contribution >= 0.6 is 0 Å². The van der Waals surface area contributed by atoms with Crippen molar-refractivity contribution in [3.05, 3.63) is 0 Å². The normalized spacial score (nSPS) is 31.1. The van der Waals surface area contributed by atoms with Crippen LogP contribution in [0.3, 0.4) is 0 Å². The van der Waals surface area contributed by atoms with Crippen LogP contribution in [0.25, 0.3) is 0 Å². The van der Waals surface area contributed by atoms with Gasteiger partial charge < -0.3 is 14.7 Å². The van der Waals surface area contributed by atoms with Gasteiger partial charge >= 0.3 is 0 Å². The third-order valence-electron chi connectivity index (χ3n) is 5.07. The maximum atomic E-state index is 12.3. The highest BCUT2D eigenvalue weighted by atomic mass is 16.5. The summed E-state index contributed by atoms with van der Waals surface area (Å²) in [6, 6.07) is 0. The average molecular weight is 269 g/mol. The molecule has 1 saturated heterocycles. The van der Waals surface area contributed by atoms with Gasteiger partial charge in [-0.05, 0) is 25.2 Å². The molecule has 2 fully saturated rings. The molecule has 1 aliphatic carbocycles. The zero-order chi connectivity index (χ0) is 14.1. The van der Waals surface area contributed by atoms with Gasteiger partial charge in [-0.2, -0.15) is 0 Å². The molecular weight excluding hydrogens is 242 g/mol. The lowest BCUT2D eigenvalue weighted by molar-refractivity contribution is -0.164. The van der Waals surface area contributed by atoms with E-state index in [1.165, 1.54) is 19.3 Å². The second-order valence-corrected chi connectivity index (χ2v) is 6.91. The van der Waals surface area contributed by atoms with Gasteiger partial charge in [-0.3, -0.25) is 4.79 Å². The summed E-state index contributed by atoms with van der Waals surface area (Å²) in [6.07, 6.45) is 4.98. The molecule has 1 heterocycles. The molecular formula is C15H27NO3. The summed E-state index contributed by atoms with van der Waals surface area (Å²) in [5, 5.41) is 10.7. The van der Waals surface area contributed by atoms with Crippen molar-refractivity contribution in [1.29, 1.82) is 0 Å². The Morgan fingerprint density at radius 3 is 2.58 bits per heavy atom. The Bertz CT molecular complexity index is 338. The van der Waals surface area contributed by atoms with Crippen molar-refractivity contribution in [3.8, 4) is 0 Å². The first-order chi connectivity index (χ1) is 8.88. The average Bonchev–Trinajstić information content (AvgIpc) is 2.27. The molecule has 2 rings (SSSR count). The Hall–Kier alpha value is -0.610. The third kappa shape index (κ3) is 2.95. The Morgan fingerprint density at radius 2 is 2.11 bits per heavy atom. The SMILES string of the molecule is COC[C@]1(O)CCN(C(=O)CC2CCC2)CC1(C)C. The number of nitrogens with zero attached hydrogens (tertiary/aromatic N) is 1. The van der Waals surface area contributed by atoms with Crippen molar-refractivity contribution < 1.29 is 14.6 Å². The Morgan fingerprint density at radius 1 is 1.42 bits per heavy atom. The number of ether oxygens (including phenoxy) is 1. The summed E-state index contributed by atoms with van der Waals surface area (Å²) in [6.45, 7) is 5.65. The summed E-state index contributed by atoms with van der Waals surface area (Å²) in [5.74, 6) is 0.868. The molecule has 1 amide bonds. The summed E-state index contributed by atoms with van der Waals surface area (Å²) in [5.41, 5.74) is -1.15. The standard InChI is InChI=1S/C15H27NO3/c1-14(2)10-16(8-7-15(14,18)11-19-3)13(17)9-12-5-4-6-12/h12,18H,4-11H2,1-3H3/t15-/m1/s1. The highest BCUT2D eigenvalue weighted by Crippen LogP contribution is 2.39. The predicted octanol–water partition coefficient (Wildman–Crippen LogP) is 1.81. The number of hydrogen-bond donors (Lipinski definition) is 1. The third-order valence-corrected chi connectivity index (χ3v) is 5.07. The number of likely N-dealkylation sites (tertiary alicyclic amines) is 1. The summed E-state index contributed by atoms with van der Waals surface area (Å²) >= 11 is 0.